The molecular weight excluding hydrogens is 702 g/mol. The summed E-state index contributed by atoms with van der Waals surface area (Å²) in [7, 11) is 0. The van der Waals surface area contributed by atoms with Crippen LogP contribution in [0.4, 0.5) is 9.59 Å². The lowest BCUT2D eigenvalue weighted by molar-refractivity contribution is -0.137. The Labute approximate surface area is 325 Å². The zero-order chi connectivity index (χ0) is 38.1. The second kappa shape index (κ2) is 18.5. The van der Waals surface area contributed by atoms with Gasteiger partial charge in [-0.25, -0.2) is 9.59 Å². The van der Waals surface area contributed by atoms with E-state index < -0.39 is 17.7 Å². The third kappa shape index (κ3) is 11.0. The molecule has 0 aromatic heterocycles. The summed E-state index contributed by atoms with van der Waals surface area (Å²) in [6, 6.07) is 25.5. The van der Waals surface area contributed by atoms with Gasteiger partial charge in [-0.3, -0.25) is 9.69 Å². The number of alkyl carbamates (subject to hydrolysis) is 1. The molecular formula is C43H56ClN5O5. The van der Waals surface area contributed by atoms with Gasteiger partial charge in [0.2, 0.25) is 5.91 Å². The molecule has 3 fully saturated rings. The summed E-state index contributed by atoms with van der Waals surface area (Å²) in [5.74, 6) is -0.0598. The van der Waals surface area contributed by atoms with Gasteiger partial charge in [-0.15, -0.1) is 0 Å². The molecule has 0 spiro atoms. The number of carbonyl (C=O) groups is 3. The van der Waals surface area contributed by atoms with Crippen LogP contribution in [0.5, 0.6) is 0 Å². The number of halogens is 1. The predicted molar refractivity (Wildman–Crippen MR) is 212 cm³/mol. The predicted octanol–water partition coefficient (Wildman–Crippen LogP) is 7.10. The Balaban J connectivity index is 1.05. The molecule has 3 heterocycles. The van der Waals surface area contributed by atoms with E-state index in [0.717, 1.165) is 68.9 Å². The first-order chi connectivity index (χ1) is 26.0. The summed E-state index contributed by atoms with van der Waals surface area (Å²) >= 11 is 6.44. The Bertz CT molecular complexity index is 1690. The van der Waals surface area contributed by atoms with Crippen LogP contribution in [0, 0.1) is 5.92 Å². The van der Waals surface area contributed by atoms with E-state index in [-0.39, 0.29) is 30.6 Å². The molecule has 1 N–H and O–H groups in total. The maximum Gasteiger partial charge on any atom is 0.410 e. The van der Waals surface area contributed by atoms with Crippen LogP contribution in [-0.4, -0.2) is 114 Å². The van der Waals surface area contributed by atoms with Gasteiger partial charge in [-0.05, 0) is 106 Å². The molecule has 11 heteroatoms. The van der Waals surface area contributed by atoms with Crippen molar-refractivity contribution >= 4 is 29.7 Å². The van der Waals surface area contributed by atoms with Crippen LogP contribution in [0.3, 0.4) is 0 Å². The Hall–Kier alpha value is -4.12. The van der Waals surface area contributed by atoms with E-state index >= 15 is 0 Å². The van der Waals surface area contributed by atoms with Crippen molar-refractivity contribution in [3.8, 4) is 11.1 Å². The smallest absolute Gasteiger partial charge is 0.410 e. The number of nitrogens with one attached hydrogen (secondary N) is 1. The maximum atomic E-state index is 14.3. The van der Waals surface area contributed by atoms with E-state index in [1.807, 2.05) is 73.0 Å². The van der Waals surface area contributed by atoms with Crippen LogP contribution in [0.2, 0.25) is 5.02 Å². The standard InChI is InChI=1S/C43H56ClN5O5/c1-43(2,3)54-42(52)49-21-10-15-37(49)30-47-25-27-48(28-26-47)40(50)39(45-41(51)53-31-32-11-6-4-7-12-32)34-18-22-46(23-19-34)24-20-35-29-36(44)16-17-38(35)33-13-8-5-9-14-33/h4-9,11-14,16-17,29,34,37,39H,10,15,18-28,30-31H2,1-3H3,(H,45,51)/t37-,39+/m0/s1. The molecule has 6 rings (SSSR count). The second-order valence-electron chi connectivity index (χ2n) is 15.9. The molecule has 0 aliphatic carbocycles. The number of benzene rings is 3. The number of hydrogen-bond donors (Lipinski definition) is 1. The van der Waals surface area contributed by atoms with Gasteiger partial charge in [-0.1, -0.05) is 78.3 Å². The van der Waals surface area contributed by atoms with E-state index in [1.165, 1.54) is 16.7 Å². The monoisotopic (exact) mass is 757 g/mol. The van der Waals surface area contributed by atoms with E-state index in [0.29, 0.717) is 32.7 Å². The second-order valence-corrected chi connectivity index (χ2v) is 16.3. The van der Waals surface area contributed by atoms with Gasteiger partial charge in [0.25, 0.3) is 0 Å². The van der Waals surface area contributed by atoms with Crippen molar-refractivity contribution in [3.63, 3.8) is 0 Å². The number of ether oxygens (including phenoxy) is 2. The Morgan fingerprint density at radius 3 is 2.20 bits per heavy atom. The molecule has 3 aromatic carbocycles. The minimum atomic E-state index is -0.669. The van der Waals surface area contributed by atoms with E-state index in [1.54, 1.807) is 0 Å². The molecule has 3 aliphatic rings. The Morgan fingerprint density at radius 1 is 0.833 bits per heavy atom. The fourth-order valence-corrected chi connectivity index (χ4v) is 8.16. The van der Waals surface area contributed by atoms with Gasteiger partial charge in [0.05, 0.1) is 0 Å². The molecule has 54 heavy (non-hydrogen) atoms. The molecule has 0 bridgehead atoms. The maximum absolute atomic E-state index is 14.3. The quantitative estimate of drug-likeness (QED) is 0.223. The number of rotatable bonds is 11. The van der Waals surface area contributed by atoms with E-state index in [9.17, 15) is 14.4 Å². The average molecular weight is 758 g/mol. The first-order valence-electron chi connectivity index (χ1n) is 19.6. The van der Waals surface area contributed by atoms with Gasteiger partial charge < -0.3 is 29.5 Å². The third-order valence-electron chi connectivity index (χ3n) is 10.9. The van der Waals surface area contributed by atoms with Crippen molar-refractivity contribution in [1.82, 2.24) is 24.9 Å². The van der Waals surface area contributed by atoms with Crippen LogP contribution in [-0.2, 0) is 27.3 Å². The molecule has 0 radical (unpaired) electrons. The summed E-state index contributed by atoms with van der Waals surface area (Å²) in [4.78, 5) is 48.9. The van der Waals surface area contributed by atoms with Gasteiger partial charge >= 0.3 is 12.2 Å². The molecule has 3 aliphatic heterocycles. The summed E-state index contributed by atoms with van der Waals surface area (Å²) in [5, 5.41) is 3.74. The van der Waals surface area contributed by atoms with Gasteiger partial charge in [0, 0.05) is 56.9 Å². The van der Waals surface area contributed by atoms with Crippen LogP contribution in [0.15, 0.2) is 78.9 Å². The highest BCUT2D eigenvalue weighted by atomic mass is 35.5. The zero-order valence-electron chi connectivity index (χ0n) is 32.1. The highest BCUT2D eigenvalue weighted by Crippen LogP contribution is 2.29. The summed E-state index contributed by atoms with van der Waals surface area (Å²) in [6.07, 6.45) is 3.53. The number of hydrogen-bond acceptors (Lipinski definition) is 7. The molecule has 10 nitrogen and oxygen atoms in total. The summed E-state index contributed by atoms with van der Waals surface area (Å²) in [6.45, 7) is 12.4. The third-order valence-corrected chi connectivity index (χ3v) is 11.1. The van der Waals surface area contributed by atoms with Crippen molar-refractivity contribution in [2.75, 3.05) is 58.9 Å². The molecule has 3 amide bonds. The van der Waals surface area contributed by atoms with Crippen LogP contribution in [0.1, 0.15) is 57.6 Å². The number of carbonyl (C=O) groups excluding carboxylic acids is 3. The molecule has 3 saturated heterocycles. The first-order valence-corrected chi connectivity index (χ1v) is 19.9. The molecule has 2 atom stereocenters. The van der Waals surface area contributed by atoms with Gasteiger partial charge in [0.15, 0.2) is 0 Å². The number of piperidine rings is 1. The molecule has 0 unspecified atom stereocenters. The fourth-order valence-electron chi connectivity index (χ4n) is 7.96. The highest BCUT2D eigenvalue weighted by molar-refractivity contribution is 6.30. The number of amides is 3. The Kier molecular flexibility index (Phi) is 13.5. The average Bonchev–Trinajstić information content (AvgIpc) is 3.64. The zero-order valence-corrected chi connectivity index (χ0v) is 32.8. The van der Waals surface area contributed by atoms with Crippen molar-refractivity contribution < 1.29 is 23.9 Å². The van der Waals surface area contributed by atoms with Gasteiger partial charge in [0.1, 0.15) is 18.2 Å². The highest BCUT2D eigenvalue weighted by Gasteiger charge is 2.38. The first kappa shape index (κ1) is 39.6. The largest absolute Gasteiger partial charge is 0.445 e. The summed E-state index contributed by atoms with van der Waals surface area (Å²) in [5.41, 5.74) is 3.95. The molecule has 0 saturated carbocycles. The van der Waals surface area contributed by atoms with Crippen LogP contribution in [0.25, 0.3) is 11.1 Å². The molecule has 290 valence electrons. The number of piperazine rings is 1. The lowest BCUT2D eigenvalue weighted by Gasteiger charge is -2.41. The molecule has 3 aromatic rings. The summed E-state index contributed by atoms with van der Waals surface area (Å²) < 4.78 is 11.3. The SMILES string of the molecule is CC(C)(C)OC(=O)N1CCC[C@H]1CN1CCN(C(=O)[C@H](NC(=O)OCc2ccccc2)C2CCN(CCc3cc(Cl)ccc3-c3ccccc3)CC2)CC1. The minimum Gasteiger partial charge on any atom is -0.445 e. The van der Waals surface area contributed by atoms with Crippen LogP contribution < -0.4 is 5.32 Å². The minimum absolute atomic E-state index is 0.0111. The normalized spacial score (nSPS) is 19.4. The number of likely N-dealkylation sites (tertiary alicyclic amines) is 2. The van der Waals surface area contributed by atoms with Gasteiger partial charge in [-0.2, -0.15) is 0 Å². The van der Waals surface area contributed by atoms with E-state index in [4.69, 9.17) is 21.1 Å². The fraction of sp³-hybridized carbons (Fsp3) is 0.512. The van der Waals surface area contributed by atoms with E-state index in [2.05, 4.69) is 51.5 Å². The number of nitrogens with zero attached hydrogens (tertiary/aromatic N) is 4. The van der Waals surface area contributed by atoms with Crippen LogP contribution >= 0.6 is 11.6 Å². The lowest BCUT2D eigenvalue weighted by Crippen LogP contribution is -2.59. The van der Waals surface area contributed by atoms with Crippen molar-refractivity contribution in [2.24, 2.45) is 5.92 Å². The lowest BCUT2D eigenvalue weighted by atomic mass is 9.88. The van der Waals surface area contributed by atoms with Crippen molar-refractivity contribution in [1.29, 1.82) is 0 Å². The van der Waals surface area contributed by atoms with Crippen molar-refractivity contribution in [2.45, 2.75) is 77.2 Å². The van der Waals surface area contributed by atoms with Crippen molar-refractivity contribution in [3.05, 3.63) is 95.0 Å². The topological polar surface area (TPSA) is 94.7 Å². The Morgan fingerprint density at radius 2 is 1.52 bits per heavy atom.